The summed E-state index contributed by atoms with van der Waals surface area (Å²) in [6.45, 7) is 0. The second-order valence-corrected chi connectivity index (χ2v) is 3.80. The van der Waals surface area contributed by atoms with Crippen molar-refractivity contribution in [3.8, 4) is 17.0 Å². The number of ether oxygens (including phenoxy) is 1. The maximum Gasteiger partial charge on any atom is 0.217 e. The van der Waals surface area contributed by atoms with Crippen LogP contribution < -0.4 is 4.74 Å². The average molecular weight is 252 g/mol. The molecule has 2 nitrogen and oxygen atoms in total. The lowest BCUT2D eigenvalue weighted by atomic mass is 10.1. The third kappa shape index (κ3) is 2.56. The molecule has 2 aromatic rings. The summed E-state index contributed by atoms with van der Waals surface area (Å²) >= 11 is 5.81. The van der Waals surface area contributed by atoms with Gasteiger partial charge in [-0.3, -0.25) is 0 Å². The Labute approximate surface area is 104 Å². The fourth-order valence-electron chi connectivity index (χ4n) is 1.60. The van der Waals surface area contributed by atoms with Crippen molar-refractivity contribution in [2.24, 2.45) is 0 Å². The van der Waals surface area contributed by atoms with Gasteiger partial charge in [0.2, 0.25) is 5.88 Å². The molecule has 4 heteroatoms. The zero-order chi connectivity index (χ0) is 12.3. The van der Waals surface area contributed by atoms with Crippen molar-refractivity contribution < 1.29 is 9.13 Å². The van der Waals surface area contributed by atoms with Crippen molar-refractivity contribution in [2.75, 3.05) is 7.11 Å². The SMILES string of the molecule is COc1ncc(-c2cccc(F)c2)cc1CCl. The molecule has 88 valence electrons. The highest BCUT2D eigenvalue weighted by Crippen LogP contribution is 2.25. The number of pyridine rings is 1. The van der Waals surface area contributed by atoms with Gasteiger partial charge in [-0.15, -0.1) is 11.6 Å². The minimum Gasteiger partial charge on any atom is -0.481 e. The normalized spacial score (nSPS) is 10.3. The summed E-state index contributed by atoms with van der Waals surface area (Å²) in [5.41, 5.74) is 2.38. The number of methoxy groups -OCH3 is 1. The van der Waals surface area contributed by atoms with Gasteiger partial charge in [-0.05, 0) is 23.8 Å². The molecule has 0 atom stereocenters. The third-order valence-electron chi connectivity index (χ3n) is 2.42. The minimum absolute atomic E-state index is 0.272. The van der Waals surface area contributed by atoms with Crippen LogP contribution >= 0.6 is 11.6 Å². The molecular weight excluding hydrogens is 241 g/mol. The van der Waals surface area contributed by atoms with Crippen molar-refractivity contribution in [3.63, 3.8) is 0 Å². The first-order chi connectivity index (χ1) is 8.24. The fourth-order valence-corrected chi connectivity index (χ4v) is 1.79. The molecule has 0 saturated heterocycles. The predicted octanol–water partition coefficient (Wildman–Crippen LogP) is 3.64. The first-order valence-corrected chi connectivity index (χ1v) is 5.63. The van der Waals surface area contributed by atoms with Gasteiger partial charge in [0.15, 0.2) is 0 Å². The number of aromatic nitrogens is 1. The topological polar surface area (TPSA) is 22.1 Å². The molecule has 2 rings (SSSR count). The maximum absolute atomic E-state index is 13.1. The van der Waals surface area contributed by atoms with E-state index < -0.39 is 0 Å². The molecule has 0 spiro atoms. The lowest BCUT2D eigenvalue weighted by Crippen LogP contribution is -1.94. The van der Waals surface area contributed by atoms with Gasteiger partial charge in [0.1, 0.15) is 5.82 Å². The van der Waals surface area contributed by atoms with Crippen LogP contribution in [-0.4, -0.2) is 12.1 Å². The highest BCUT2D eigenvalue weighted by atomic mass is 35.5. The first-order valence-electron chi connectivity index (χ1n) is 5.09. The van der Waals surface area contributed by atoms with Crippen molar-refractivity contribution in [2.45, 2.75) is 5.88 Å². The Morgan fingerprint density at radius 1 is 1.29 bits per heavy atom. The smallest absolute Gasteiger partial charge is 0.217 e. The Kier molecular flexibility index (Phi) is 3.59. The summed E-state index contributed by atoms with van der Waals surface area (Å²) < 4.78 is 18.2. The quantitative estimate of drug-likeness (QED) is 0.777. The van der Waals surface area contributed by atoms with E-state index in [4.69, 9.17) is 16.3 Å². The van der Waals surface area contributed by atoms with Crippen LogP contribution in [0, 0.1) is 5.82 Å². The van der Waals surface area contributed by atoms with E-state index in [1.807, 2.05) is 12.1 Å². The van der Waals surface area contributed by atoms with Gasteiger partial charge in [0.05, 0.1) is 13.0 Å². The molecule has 0 radical (unpaired) electrons. The zero-order valence-corrected chi connectivity index (χ0v) is 10.0. The van der Waals surface area contributed by atoms with Crippen LogP contribution in [0.2, 0.25) is 0 Å². The van der Waals surface area contributed by atoms with E-state index in [1.165, 1.54) is 12.1 Å². The Balaban J connectivity index is 2.46. The summed E-state index contributed by atoms with van der Waals surface area (Å²) in [5, 5.41) is 0. The minimum atomic E-state index is -0.272. The molecule has 0 aliphatic heterocycles. The van der Waals surface area contributed by atoms with E-state index in [9.17, 15) is 4.39 Å². The number of halogens is 2. The van der Waals surface area contributed by atoms with Crippen molar-refractivity contribution >= 4 is 11.6 Å². The van der Waals surface area contributed by atoms with E-state index >= 15 is 0 Å². The monoisotopic (exact) mass is 251 g/mol. The molecule has 0 fully saturated rings. The van der Waals surface area contributed by atoms with Crippen molar-refractivity contribution in [3.05, 3.63) is 47.9 Å². The molecule has 0 unspecified atom stereocenters. The van der Waals surface area contributed by atoms with Crippen LogP contribution in [-0.2, 0) is 5.88 Å². The van der Waals surface area contributed by atoms with Gasteiger partial charge in [0.25, 0.3) is 0 Å². The van der Waals surface area contributed by atoms with E-state index in [-0.39, 0.29) is 5.82 Å². The first kappa shape index (κ1) is 11.9. The molecule has 1 aromatic carbocycles. The highest BCUT2D eigenvalue weighted by molar-refractivity contribution is 6.17. The van der Waals surface area contributed by atoms with E-state index in [0.29, 0.717) is 11.8 Å². The average Bonchev–Trinajstić information content (AvgIpc) is 2.38. The summed E-state index contributed by atoms with van der Waals surface area (Å²) in [4.78, 5) is 4.14. The fraction of sp³-hybridized carbons (Fsp3) is 0.154. The molecule has 0 amide bonds. The standard InChI is InChI=1S/C13H11ClFNO/c1-17-13-10(7-14)5-11(8-16-13)9-3-2-4-12(15)6-9/h2-6,8H,7H2,1H3. The van der Waals surface area contributed by atoms with E-state index in [0.717, 1.165) is 16.7 Å². The second kappa shape index (κ2) is 5.15. The van der Waals surface area contributed by atoms with Gasteiger partial charge < -0.3 is 4.74 Å². The van der Waals surface area contributed by atoms with Crippen LogP contribution in [0.25, 0.3) is 11.1 Å². The number of hydrogen-bond donors (Lipinski definition) is 0. The predicted molar refractivity (Wildman–Crippen MR) is 65.7 cm³/mol. The molecule has 0 aliphatic rings. The second-order valence-electron chi connectivity index (χ2n) is 3.54. The molecule has 17 heavy (non-hydrogen) atoms. The Morgan fingerprint density at radius 2 is 2.12 bits per heavy atom. The number of alkyl halides is 1. The molecule has 0 saturated carbocycles. The van der Waals surface area contributed by atoms with Crippen molar-refractivity contribution in [1.29, 1.82) is 0 Å². The van der Waals surface area contributed by atoms with Crippen LogP contribution in [0.3, 0.4) is 0 Å². The largest absolute Gasteiger partial charge is 0.481 e. The number of rotatable bonds is 3. The van der Waals surface area contributed by atoms with Gasteiger partial charge in [0, 0.05) is 17.3 Å². The van der Waals surface area contributed by atoms with Gasteiger partial charge >= 0.3 is 0 Å². The number of hydrogen-bond acceptors (Lipinski definition) is 2. The lowest BCUT2D eigenvalue weighted by Gasteiger charge is -2.07. The van der Waals surface area contributed by atoms with Crippen LogP contribution in [0.1, 0.15) is 5.56 Å². The lowest BCUT2D eigenvalue weighted by molar-refractivity contribution is 0.394. The number of nitrogens with zero attached hydrogens (tertiary/aromatic N) is 1. The summed E-state index contributed by atoms with van der Waals surface area (Å²) in [5.74, 6) is 0.533. The number of benzene rings is 1. The zero-order valence-electron chi connectivity index (χ0n) is 9.28. The molecule has 0 N–H and O–H groups in total. The van der Waals surface area contributed by atoms with Crippen LogP contribution in [0.4, 0.5) is 4.39 Å². The Morgan fingerprint density at radius 3 is 2.76 bits per heavy atom. The summed E-state index contributed by atoms with van der Waals surface area (Å²) in [7, 11) is 1.54. The summed E-state index contributed by atoms with van der Waals surface area (Å²) in [6, 6.07) is 8.21. The van der Waals surface area contributed by atoms with Crippen LogP contribution in [0.15, 0.2) is 36.5 Å². The van der Waals surface area contributed by atoms with E-state index in [2.05, 4.69) is 4.98 Å². The third-order valence-corrected chi connectivity index (χ3v) is 2.71. The molecular formula is C13H11ClFNO. The molecule has 0 aliphatic carbocycles. The Hall–Kier alpha value is -1.61. The summed E-state index contributed by atoms with van der Waals surface area (Å²) in [6.07, 6.45) is 1.64. The molecule has 1 aromatic heterocycles. The van der Waals surface area contributed by atoms with Gasteiger partial charge in [-0.2, -0.15) is 0 Å². The van der Waals surface area contributed by atoms with Gasteiger partial charge in [-0.25, -0.2) is 9.37 Å². The van der Waals surface area contributed by atoms with Crippen molar-refractivity contribution in [1.82, 2.24) is 4.98 Å². The Bertz CT molecular complexity index is 531. The molecule has 1 heterocycles. The molecule has 0 bridgehead atoms. The highest BCUT2D eigenvalue weighted by Gasteiger charge is 2.06. The van der Waals surface area contributed by atoms with Gasteiger partial charge in [-0.1, -0.05) is 12.1 Å². The van der Waals surface area contributed by atoms with E-state index in [1.54, 1.807) is 19.4 Å². The maximum atomic E-state index is 13.1. The van der Waals surface area contributed by atoms with Crippen LogP contribution in [0.5, 0.6) is 5.88 Å².